The molecule has 2 heteroatoms. The normalized spacial score (nSPS) is 22.5. The van der Waals surface area contributed by atoms with Crippen LogP contribution < -0.4 is 0 Å². The lowest BCUT2D eigenvalue weighted by Crippen LogP contribution is -2.48. The first kappa shape index (κ1) is 12.4. The summed E-state index contributed by atoms with van der Waals surface area (Å²) < 4.78 is 1.39. The molecule has 1 saturated heterocycles. The number of hydrogen-bond donors (Lipinski definition) is 0. The smallest absolute Gasteiger partial charge is 0.0786 e. The second-order valence-electron chi connectivity index (χ2n) is 3.84. The zero-order valence-corrected chi connectivity index (χ0v) is 10.2. The Morgan fingerprint density at radius 3 is 1.58 bits per heavy atom. The van der Waals surface area contributed by atoms with Crippen LogP contribution in [0.25, 0.3) is 0 Å². The van der Waals surface area contributed by atoms with E-state index in [9.17, 15) is 0 Å². The van der Waals surface area contributed by atoms with Crippen LogP contribution in [-0.4, -0.2) is 30.7 Å². The Morgan fingerprint density at radius 1 is 0.833 bits per heavy atom. The van der Waals surface area contributed by atoms with Crippen LogP contribution in [0.15, 0.2) is 0 Å². The number of likely N-dealkylation sites (tertiary alicyclic amines) is 1. The lowest BCUT2D eigenvalue weighted by Gasteiger charge is -2.35. The summed E-state index contributed by atoms with van der Waals surface area (Å²) in [5.41, 5.74) is 0. The Hall–Kier alpha value is 0.440. The molecule has 1 nitrogen and oxygen atoms in total. The first-order valence-corrected chi connectivity index (χ1v) is 5.18. The lowest BCUT2D eigenvalue weighted by atomic mass is 10.2. The highest BCUT2D eigenvalue weighted by atomic mass is 79.9. The van der Waals surface area contributed by atoms with Crippen LogP contribution in [0.4, 0.5) is 0 Å². The fourth-order valence-corrected chi connectivity index (χ4v) is 2.22. The predicted molar refractivity (Wildman–Crippen MR) is 59.9 cm³/mol. The van der Waals surface area contributed by atoms with Crippen LogP contribution in [0.3, 0.4) is 0 Å². The summed E-state index contributed by atoms with van der Waals surface area (Å²) in [4.78, 5) is 0. The van der Waals surface area contributed by atoms with Gasteiger partial charge < -0.3 is 4.48 Å². The number of nitrogens with zero attached hydrogens (tertiary/aromatic N) is 1. The third-order valence-corrected chi connectivity index (χ3v) is 3.36. The van der Waals surface area contributed by atoms with Crippen molar-refractivity contribution in [2.75, 3.05) is 26.2 Å². The average molecular weight is 237 g/mol. The minimum atomic E-state index is 0. The summed E-state index contributed by atoms with van der Waals surface area (Å²) in [5.74, 6) is 0. The SMILES string of the molecule is Br.CC[N+]1(CC)CCCCCC1. The third kappa shape index (κ3) is 3.06. The Bertz CT molecular complexity index is 100. The van der Waals surface area contributed by atoms with Crippen LogP contribution in [-0.2, 0) is 0 Å². The van der Waals surface area contributed by atoms with Crippen molar-refractivity contribution in [1.82, 2.24) is 0 Å². The van der Waals surface area contributed by atoms with E-state index in [-0.39, 0.29) is 17.0 Å². The Morgan fingerprint density at radius 2 is 1.25 bits per heavy atom. The standard InChI is InChI=1S/C10H22N.BrH/c1-3-11(4-2)9-7-5-6-8-10-11;/h3-10H2,1-2H3;1H/q+1;. The fourth-order valence-electron chi connectivity index (χ4n) is 2.22. The molecule has 0 aliphatic carbocycles. The van der Waals surface area contributed by atoms with Crippen molar-refractivity contribution in [2.24, 2.45) is 0 Å². The summed E-state index contributed by atoms with van der Waals surface area (Å²) >= 11 is 0. The van der Waals surface area contributed by atoms with E-state index in [0.717, 1.165) is 0 Å². The van der Waals surface area contributed by atoms with Gasteiger partial charge in [0, 0.05) is 0 Å². The van der Waals surface area contributed by atoms with E-state index in [1.807, 2.05) is 0 Å². The number of halogens is 1. The van der Waals surface area contributed by atoms with Gasteiger partial charge in [-0.25, -0.2) is 0 Å². The van der Waals surface area contributed by atoms with Gasteiger partial charge in [-0.3, -0.25) is 0 Å². The molecule has 1 aliphatic rings. The molecule has 0 bridgehead atoms. The van der Waals surface area contributed by atoms with Crippen LogP contribution in [0.5, 0.6) is 0 Å². The van der Waals surface area contributed by atoms with Gasteiger partial charge in [0.15, 0.2) is 0 Å². The Labute approximate surface area is 87.5 Å². The molecule has 0 amide bonds. The first-order valence-electron chi connectivity index (χ1n) is 5.18. The van der Waals surface area contributed by atoms with Crippen LogP contribution in [0, 0.1) is 0 Å². The van der Waals surface area contributed by atoms with Gasteiger partial charge in [0.05, 0.1) is 26.2 Å². The summed E-state index contributed by atoms with van der Waals surface area (Å²) in [6, 6.07) is 0. The molecule has 0 aromatic carbocycles. The van der Waals surface area contributed by atoms with Gasteiger partial charge in [-0.2, -0.15) is 0 Å². The van der Waals surface area contributed by atoms with Crippen LogP contribution in [0.2, 0.25) is 0 Å². The number of quaternary nitrogens is 1. The molecule has 0 N–H and O–H groups in total. The lowest BCUT2D eigenvalue weighted by molar-refractivity contribution is -0.924. The van der Waals surface area contributed by atoms with Gasteiger partial charge in [0.25, 0.3) is 0 Å². The Kier molecular flexibility index (Phi) is 6.20. The van der Waals surface area contributed by atoms with E-state index in [0.29, 0.717) is 0 Å². The number of hydrogen-bond acceptors (Lipinski definition) is 0. The van der Waals surface area contributed by atoms with Crippen molar-refractivity contribution < 1.29 is 4.48 Å². The molecule has 0 atom stereocenters. The second-order valence-corrected chi connectivity index (χ2v) is 3.84. The van der Waals surface area contributed by atoms with E-state index in [1.54, 1.807) is 0 Å². The molecule has 0 saturated carbocycles. The van der Waals surface area contributed by atoms with Crippen molar-refractivity contribution in [2.45, 2.75) is 39.5 Å². The maximum atomic E-state index is 2.34. The molecule has 0 unspecified atom stereocenters. The highest BCUT2D eigenvalue weighted by Crippen LogP contribution is 2.17. The Balaban J connectivity index is 0.00000121. The molecule has 1 fully saturated rings. The molecule has 12 heavy (non-hydrogen) atoms. The largest absolute Gasteiger partial charge is 0.324 e. The topological polar surface area (TPSA) is 0 Å². The minimum absolute atomic E-state index is 0. The average Bonchev–Trinajstić information content (AvgIpc) is 2.30. The van der Waals surface area contributed by atoms with Gasteiger partial charge in [-0.1, -0.05) is 0 Å². The molecule has 1 rings (SSSR count). The zero-order chi connectivity index (χ0) is 8.16. The van der Waals surface area contributed by atoms with Gasteiger partial charge in [0.2, 0.25) is 0 Å². The summed E-state index contributed by atoms with van der Waals surface area (Å²) in [5, 5.41) is 0. The molecular weight excluding hydrogens is 214 g/mol. The van der Waals surface area contributed by atoms with Crippen molar-refractivity contribution in [3.05, 3.63) is 0 Å². The monoisotopic (exact) mass is 236 g/mol. The summed E-state index contributed by atoms with van der Waals surface area (Å²) in [6.45, 7) is 10.2. The highest BCUT2D eigenvalue weighted by molar-refractivity contribution is 8.93. The van der Waals surface area contributed by atoms with E-state index < -0.39 is 0 Å². The minimum Gasteiger partial charge on any atom is -0.324 e. The molecule has 0 aromatic rings. The van der Waals surface area contributed by atoms with Crippen molar-refractivity contribution in [1.29, 1.82) is 0 Å². The summed E-state index contributed by atoms with van der Waals surface area (Å²) in [7, 11) is 0. The quantitative estimate of drug-likeness (QED) is 0.648. The van der Waals surface area contributed by atoms with E-state index in [1.165, 1.54) is 56.3 Å². The van der Waals surface area contributed by atoms with Gasteiger partial charge in [0.1, 0.15) is 0 Å². The number of rotatable bonds is 2. The molecular formula is C10H23BrN+. The highest BCUT2D eigenvalue weighted by Gasteiger charge is 2.23. The maximum Gasteiger partial charge on any atom is 0.0786 e. The van der Waals surface area contributed by atoms with Gasteiger partial charge in [-0.05, 0) is 39.5 Å². The molecule has 1 heterocycles. The molecule has 74 valence electrons. The van der Waals surface area contributed by atoms with Crippen LogP contribution in [0.1, 0.15) is 39.5 Å². The maximum absolute atomic E-state index is 2.34. The molecule has 1 aliphatic heterocycles. The van der Waals surface area contributed by atoms with E-state index >= 15 is 0 Å². The first-order chi connectivity index (χ1) is 5.33. The molecule has 0 aromatic heterocycles. The van der Waals surface area contributed by atoms with Gasteiger partial charge in [-0.15, -0.1) is 17.0 Å². The predicted octanol–water partition coefficient (Wildman–Crippen LogP) is 2.99. The van der Waals surface area contributed by atoms with Crippen molar-refractivity contribution in [3.8, 4) is 0 Å². The van der Waals surface area contributed by atoms with Crippen LogP contribution >= 0.6 is 17.0 Å². The molecule has 0 spiro atoms. The van der Waals surface area contributed by atoms with E-state index in [2.05, 4.69) is 13.8 Å². The van der Waals surface area contributed by atoms with E-state index in [4.69, 9.17) is 0 Å². The van der Waals surface area contributed by atoms with Crippen molar-refractivity contribution >= 4 is 17.0 Å². The van der Waals surface area contributed by atoms with Crippen molar-refractivity contribution in [3.63, 3.8) is 0 Å². The zero-order valence-electron chi connectivity index (χ0n) is 8.51. The fraction of sp³-hybridized carbons (Fsp3) is 1.00. The summed E-state index contributed by atoms with van der Waals surface area (Å²) in [6.07, 6.45) is 5.86. The van der Waals surface area contributed by atoms with Gasteiger partial charge >= 0.3 is 0 Å². The third-order valence-electron chi connectivity index (χ3n) is 3.36. The molecule has 0 radical (unpaired) electrons. The second kappa shape index (κ2) is 5.98.